The first-order valence-electron chi connectivity index (χ1n) is 6.54. The average Bonchev–Trinajstić information content (AvgIpc) is 2.45. The fourth-order valence-electron chi connectivity index (χ4n) is 1.83. The summed E-state index contributed by atoms with van der Waals surface area (Å²) in [5, 5.41) is 0. The van der Waals surface area contributed by atoms with Crippen LogP contribution in [-0.4, -0.2) is 9.97 Å². The minimum absolute atomic E-state index is 0.300. The predicted octanol–water partition coefficient (Wildman–Crippen LogP) is 3.42. The normalized spacial score (nSPS) is 10.6. The van der Waals surface area contributed by atoms with E-state index < -0.39 is 0 Å². The van der Waals surface area contributed by atoms with Crippen LogP contribution in [0.4, 0.5) is 0 Å². The Kier molecular flexibility index (Phi) is 4.69. The lowest BCUT2D eigenvalue weighted by molar-refractivity contribution is 0.305. The quantitative estimate of drug-likeness (QED) is 0.856. The van der Waals surface area contributed by atoms with Gasteiger partial charge in [-0.15, -0.1) is 0 Å². The molecule has 0 bridgehead atoms. The number of hydrogen-bond acceptors (Lipinski definition) is 3. The van der Waals surface area contributed by atoms with Crippen molar-refractivity contribution in [2.75, 3.05) is 0 Å². The maximum absolute atomic E-state index is 5.81. The van der Waals surface area contributed by atoms with E-state index in [0.29, 0.717) is 23.2 Å². The van der Waals surface area contributed by atoms with Gasteiger partial charge in [-0.25, -0.2) is 0 Å². The minimum Gasteiger partial charge on any atom is -0.489 e. The van der Waals surface area contributed by atoms with Crippen molar-refractivity contribution < 1.29 is 4.74 Å². The maximum atomic E-state index is 5.81. The van der Waals surface area contributed by atoms with Gasteiger partial charge in [0.2, 0.25) is 0 Å². The van der Waals surface area contributed by atoms with Gasteiger partial charge >= 0.3 is 0 Å². The van der Waals surface area contributed by atoms with Crippen molar-refractivity contribution in [2.24, 2.45) is 5.73 Å². The third kappa shape index (κ3) is 3.78. The third-order valence-corrected chi connectivity index (χ3v) is 3.22. The minimum atomic E-state index is 0.300. The van der Waals surface area contributed by atoms with Gasteiger partial charge in [0.1, 0.15) is 17.3 Å². The van der Waals surface area contributed by atoms with Crippen LogP contribution < -0.4 is 10.5 Å². The molecule has 3 nitrogen and oxygen atoms in total. The number of nitrogens with two attached hydrogens (primary N) is 1. The number of hydrogen-bond donors (Lipinski definition) is 1. The number of ether oxygens (including phenoxy) is 1. The molecule has 0 aliphatic rings. The van der Waals surface area contributed by atoms with Gasteiger partial charge < -0.3 is 10.5 Å². The zero-order valence-corrected chi connectivity index (χ0v) is 12.5. The SMILES string of the molecule is CC(C)c1cccc(OCc2ccnc(C(N)=S)c2)c1. The molecule has 0 aliphatic carbocycles. The first kappa shape index (κ1) is 14.5. The maximum Gasteiger partial charge on any atom is 0.122 e. The average molecular weight is 286 g/mol. The molecule has 0 atom stereocenters. The Morgan fingerprint density at radius 2 is 2.10 bits per heavy atom. The second kappa shape index (κ2) is 6.48. The number of pyridine rings is 1. The van der Waals surface area contributed by atoms with E-state index in [4.69, 9.17) is 22.7 Å². The van der Waals surface area contributed by atoms with Crippen LogP contribution >= 0.6 is 12.2 Å². The third-order valence-electron chi connectivity index (χ3n) is 3.01. The van der Waals surface area contributed by atoms with Gasteiger partial charge in [-0.1, -0.05) is 38.2 Å². The highest BCUT2D eigenvalue weighted by molar-refractivity contribution is 7.80. The molecule has 2 N–H and O–H groups in total. The van der Waals surface area contributed by atoms with E-state index in [2.05, 4.69) is 31.0 Å². The smallest absolute Gasteiger partial charge is 0.122 e. The van der Waals surface area contributed by atoms with Crippen molar-refractivity contribution in [2.45, 2.75) is 26.4 Å². The summed E-state index contributed by atoms with van der Waals surface area (Å²) in [7, 11) is 0. The van der Waals surface area contributed by atoms with Gasteiger partial charge in [-0.05, 0) is 41.3 Å². The lowest BCUT2D eigenvalue weighted by Crippen LogP contribution is -2.12. The summed E-state index contributed by atoms with van der Waals surface area (Å²) in [5.74, 6) is 1.35. The first-order valence-corrected chi connectivity index (χ1v) is 6.94. The summed E-state index contributed by atoms with van der Waals surface area (Å²) < 4.78 is 5.81. The van der Waals surface area contributed by atoms with Crippen LogP contribution in [0.2, 0.25) is 0 Å². The van der Waals surface area contributed by atoms with E-state index in [-0.39, 0.29) is 0 Å². The first-order chi connectivity index (χ1) is 9.56. The van der Waals surface area contributed by atoms with Crippen molar-refractivity contribution in [3.05, 3.63) is 59.4 Å². The second-order valence-corrected chi connectivity index (χ2v) is 5.37. The molecule has 0 amide bonds. The predicted molar refractivity (Wildman–Crippen MR) is 85.0 cm³/mol. The second-order valence-electron chi connectivity index (χ2n) is 4.93. The summed E-state index contributed by atoms with van der Waals surface area (Å²) in [6.45, 7) is 4.80. The lowest BCUT2D eigenvalue weighted by atomic mass is 10.0. The van der Waals surface area contributed by atoms with Crippen molar-refractivity contribution in [1.82, 2.24) is 4.98 Å². The fraction of sp³-hybridized carbons (Fsp3) is 0.250. The molecule has 2 rings (SSSR count). The molecule has 2 aromatic rings. The molecule has 1 heterocycles. The number of benzene rings is 1. The van der Waals surface area contributed by atoms with Crippen molar-refractivity contribution >= 4 is 17.2 Å². The summed E-state index contributed by atoms with van der Waals surface area (Å²) in [5.41, 5.74) is 8.46. The highest BCUT2D eigenvalue weighted by atomic mass is 32.1. The fourth-order valence-corrected chi connectivity index (χ4v) is 1.94. The van der Waals surface area contributed by atoms with Crippen LogP contribution in [-0.2, 0) is 6.61 Å². The molecular formula is C16H18N2OS. The van der Waals surface area contributed by atoms with Gasteiger partial charge in [-0.3, -0.25) is 4.98 Å². The summed E-state index contributed by atoms with van der Waals surface area (Å²) >= 11 is 4.92. The molecule has 104 valence electrons. The molecule has 1 aromatic heterocycles. The number of nitrogens with zero attached hydrogens (tertiary/aromatic N) is 1. The molecule has 20 heavy (non-hydrogen) atoms. The number of aromatic nitrogens is 1. The summed E-state index contributed by atoms with van der Waals surface area (Å²) in [6, 6.07) is 11.9. The van der Waals surface area contributed by atoms with Crippen molar-refractivity contribution in [3.63, 3.8) is 0 Å². The van der Waals surface area contributed by atoms with Gasteiger partial charge in [0.15, 0.2) is 0 Å². The molecule has 0 unspecified atom stereocenters. The van der Waals surface area contributed by atoms with E-state index >= 15 is 0 Å². The Labute approximate surface area is 124 Å². The Hall–Kier alpha value is -1.94. The Balaban J connectivity index is 2.07. The Morgan fingerprint density at radius 1 is 1.30 bits per heavy atom. The van der Waals surface area contributed by atoms with Gasteiger partial charge in [-0.2, -0.15) is 0 Å². The highest BCUT2D eigenvalue weighted by Gasteiger charge is 2.03. The molecule has 1 aromatic carbocycles. The van der Waals surface area contributed by atoms with Crippen LogP contribution in [0.3, 0.4) is 0 Å². The topological polar surface area (TPSA) is 48.1 Å². The van der Waals surface area contributed by atoms with Crippen LogP contribution in [0.15, 0.2) is 42.6 Å². The van der Waals surface area contributed by atoms with E-state index in [1.165, 1.54) is 5.56 Å². The molecule has 0 fully saturated rings. The summed E-state index contributed by atoms with van der Waals surface area (Å²) in [6.07, 6.45) is 1.69. The molecule has 0 radical (unpaired) electrons. The molecule has 0 aliphatic heterocycles. The molecule has 4 heteroatoms. The van der Waals surface area contributed by atoms with Crippen LogP contribution in [0.5, 0.6) is 5.75 Å². The summed E-state index contributed by atoms with van der Waals surface area (Å²) in [4.78, 5) is 4.41. The lowest BCUT2D eigenvalue weighted by Gasteiger charge is -2.10. The van der Waals surface area contributed by atoms with Crippen LogP contribution in [0, 0.1) is 0 Å². The van der Waals surface area contributed by atoms with Crippen molar-refractivity contribution in [3.8, 4) is 5.75 Å². The Morgan fingerprint density at radius 3 is 2.80 bits per heavy atom. The standard InChI is InChI=1S/C16H18N2OS/c1-11(2)13-4-3-5-14(9-13)19-10-12-6-7-18-15(8-12)16(17)20/h3-9,11H,10H2,1-2H3,(H2,17,20). The zero-order chi connectivity index (χ0) is 14.5. The molecule has 0 spiro atoms. The van der Waals surface area contributed by atoms with Crippen LogP contribution in [0.25, 0.3) is 0 Å². The number of thiocarbonyl (C=S) groups is 1. The van der Waals surface area contributed by atoms with Gasteiger partial charge in [0.25, 0.3) is 0 Å². The Bertz CT molecular complexity index is 611. The van der Waals surface area contributed by atoms with Gasteiger partial charge in [0.05, 0.1) is 5.69 Å². The largest absolute Gasteiger partial charge is 0.489 e. The van der Waals surface area contributed by atoms with Gasteiger partial charge in [0, 0.05) is 6.20 Å². The van der Waals surface area contributed by atoms with Crippen LogP contribution in [0.1, 0.15) is 36.6 Å². The van der Waals surface area contributed by atoms with E-state index in [0.717, 1.165) is 11.3 Å². The molecular weight excluding hydrogens is 268 g/mol. The molecule has 0 saturated heterocycles. The van der Waals surface area contributed by atoms with Crippen molar-refractivity contribution in [1.29, 1.82) is 0 Å². The highest BCUT2D eigenvalue weighted by Crippen LogP contribution is 2.21. The van der Waals surface area contributed by atoms with E-state index in [9.17, 15) is 0 Å². The number of rotatable bonds is 5. The monoisotopic (exact) mass is 286 g/mol. The van der Waals surface area contributed by atoms with E-state index in [1.807, 2.05) is 24.3 Å². The zero-order valence-electron chi connectivity index (χ0n) is 11.7. The molecule has 0 saturated carbocycles. The van der Waals surface area contributed by atoms with E-state index in [1.54, 1.807) is 6.20 Å².